The first-order chi connectivity index (χ1) is 11.1. The minimum absolute atomic E-state index is 0.349. The highest BCUT2D eigenvalue weighted by Crippen LogP contribution is 2.15. The van der Waals surface area contributed by atoms with Gasteiger partial charge in [0.1, 0.15) is 0 Å². The van der Waals surface area contributed by atoms with E-state index in [1.54, 1.807) is 24.4 Å². The van der Waals surface area contributed by atoms with Crippen molar-refractivity contribution in [3.8, 4) is 0 Å². The Labute approximate surface area is 134 Å². The molecule has 0 spiro atoms. The molecule has 2 rings (SSSR count). The SMILES string of the molecule is COC(=O)c1cccc(Nc2nncc(NCCN(C)C)n2)c1. The summed E-state index contributed by atoms with van der Waals surface area (Å²) in [5.41, 5.74) is 1.13. The summed E-state index contributed by atoms with van der Waals surface area (Å²) < 4.78 is 4.70. The van der Waals surface area contributed by atoms with Crippen molar-refractivity contribution in [2.45, 2.75) is 0 Å². The summed E-state index contributed by atoms with van der Waals surface area (Å²) in [4.78, 5) is 17.9. The van der Waals surface area contributed by atoms with Gasteiger partial charge < -0.3 is 20.3 Å². The second-order valence-electron chi connectivity index (χ2n) is 5.09. The smallest absolute Gasteiger partial charge is 0.337 e. The molecule has 0 aliphatic rings. The van der Waals surface area contributed by atoms with Gasteiger partial charge in [-0.15, -0.1) is 5.10 Å². The third kappa shape index (κ3) is 5.19. The second-order valence-corrected chi connectivity index (χ2v) is 5.09. The monoisotopic (exact) mass is 316 g/mol. The fourth-order valence-electron chi connectivity index (χ4n) is 1.82. The normalized spacial score (nSPS) is 10.4. The predicted octanol–water partition coefficient (Wildman–Crippen LogP) is 1.38. The Morgan fingerprint density at radius 3 is 2.91 bits per heavy atom. The lowest BCUT2D eigenvalue weighted by molar-refractivity contribution is 0.0601. The van der Waals surface area contributed by atoms with Gasteiger partial charge in [-0.2, -0.15) is 10.1 Å². The van der Waals surface area contributed by atoms with Crippen LogP contribution in [0.15, 0.2) is 30.5 Å². The van der Waals surface area contributed by atoms with Gasteiger partial charge in [0.2, 0.25) is 5.95 Å². The molecule has 0 atom stereocenters. The van der Waals surface area contributed by atoms with E-state index in [1.165, 1.54) is 7.11 Å². The van der Waals surface area contributed by atoms with E-state index in [0.29, 0.717) is 23.0 Å². The highest BCUT2D eigenvalue weighted by molar-refractivity contribution is 5.90. The summed E-state index contributed by atoms with van der Waals surface area (Å²) in [5.74, 6) is 0.585. The first kappa shape index (κ1) is 16.6. The highest BCUT2D eigenvalue weighted by Gasteiger charge is 2.07. The average molecular weight is 316 g/mol. The largest absolute Gasteiger partial charge is 0.465 e. The van der Waals surface area contributed by atoms with Gasteiger partial charge in [0.25, 0.3) is 0 Å². The molecule has 0 aliphatic heterocycles. The number of nitrogens with zero attached hydrogens (tertiary/aromatic N) is 4. The number of anilines is 3. The van der Waals surface area contributed by atoms with Crippen molar-refractivity contribution in [3.63, 3.8) is 0 Å². The van der Waals surface area contributed by atoms with Crippen LogP contribution in [-0.2, 0) is 4.74 Å². The van der Waals surface area contributed by atoms with Gasteiger partial charge >= 0.3 is 5.97 Å². The first-order valence-electron chi connectivity index (χ1n) is 7.12. The summed E-state index contributed by atoms with van der Waals surface area (Å²) in [6.07, 6.45) is 1.56. The van der Waals surface area contributed by atoms with Crippen LogP contribution >= 0.6 is 0 Å². The Balaban J connectivity index is 2.04. The Bertz CT molecular complexity index is 662. The topological polar surface area (TPSA) is 92.3 Å². The van der Waals surface area contributed by atoms with Gasteiger partial charge in [0.15, 0.2) is 5.82 Å². The molecule has 1 aromatic carbocycles. The van der Waals surface area contributed by atoms with Crippen LogP contribution in [0.2, 0.25) is 0 Å². The molecular formula is C15H20N6O2. The summed E-state index contributed by atoms with van der Waals surface area (Å²) in [6, 6.07) is 6.90. The van der Waals surface area contributed by atoms with E-state index in [0.717, 1.165) is 13.1 Å². The molecule has 0 saturated carbocycles. The number of methoxy groups -OCH3 is 1. The summed E-state index contributed by atoms with van der Waals surface area (Å²) >= 11 is 0. The molecule has 1 aromatic heterocycles. The maximum absolute atomic E-state index is 11.5. The van der Waals surface area contributed by atoms with Gasteiger partial charge in [-0.1, -0.05) is 6.07 Å². The molecular weight excluding hydrogens is 296 g/mol. The molecule has 0 fully saturated rings. The maximum Gasteiger partial charge on any atom is 0.337 e. The number of aromatic nitrogens is 3. The second kappa shape index (κ2) is 8.04. The molecule has 0 saturated heterocycles. The van der Waals surface area contributed by atoms with Crippen LogP contribution in [-0.4, -0.2) is 60.3 Å². The zero-order valence-corrected chi connectivity index (χ0v) is 13.4. The minimum Gasteiger partial charge on any atom is -0.465 e. The Hall–Kier alpha value is -2.74. The maximum atomic E-state index is 11.5. The fourth-order valence-corrected chi connectivity index (χ4v) is 1.82. The third-order valence-corrected chi connectivity index (χ3v) is 2.96. The summed E-state index contributed by atoms with van der Waals surface area (Å²) in [7, 11) is 5.35. The van der Waals surface area contributed by atoms with Crippen molar-refractivity contribution in [2.75, 3.05) is 44.9 Å². The van der Waals surface area contributed by atoms with Crippen LogP contribution in [0.4, 0.5) is 17.5 Å². The summed E-state index contributed by atoms with van der Waals surface area (Å²) in [6.45, 7) is 1.64. The fraction of sp³-hybridized carbons (Fsp3) is 0.333. The Morgan fingerprint density at radius 2 is 2.17 bits per heavy atom. The molecule has 1 heterocycles. The van der Waals surface area contributed by atoms with Crippen molar-refractivity contribution in [1.82, 2.24) is 20.1 Å². The van der Waals surface area contributed by atoms with E-state index in [2.05, 4.69) is 30.7 Å². The molecule has 8 heteroatoms. The van der Waals surface area contributed by atoms with Crippen LogP contribution in [0.5, 0.6) is 0 Å². The third-order valence-electron chi connectivity index (χ3n) is 2.96. The molecule has 0 radical (unpaired) electrons. The average Bonchev–Trinajstić information content (AvgIpc) is 2.54. The molecule has 2 aromatic rings. The van der Waals surface area contributed by atoms with Crippen molar-refractivity contribution in [2.24, 2.45) is 0 Å². The van der Waals surface area contributed by atoms with Crippen LogP contribution in [0, 0.1) is 0 Å². The van der Waals surface area contributed by atoms with E-state index in [-0.39, 0.29) is 0 Å². The molecule has 0 amide bonds. The van der Waals surface area contributed by atoms with Crippen LogP contribution in [0.3, 0.4) is 0 Å². The molecule has 23 heavy (non-hydrogen) atoms. The van der Waals surface area contributed by atoms with E-state index in [1.807, 2.05) is 20.2 Å². The van der Waals surface area contributed by atoms with Gasteiger partial charge in [-0.3, -0.25) is 0 Å². The number of benzene rings is 1. The van der Waals surface area contributed by atoms with E-state index in [4.69, 9.17) is 4.74 Å². The summed E-state index contributed by atoms with van der Waals surface area (Å²) in [5, 5.41) is 14.0. The van der Waals surface area contributed by atoms with Crippen molar-refractivity contribution < 1.29 is 9.53 Å². The molecule has 122 valence electrons. The van der Waals surface area contributed by atoms with E-state index < -0.39 is 5.97 Å². The molecule has 2 N–H and O–H groups in total. The molecule has 0 bridgehead atoms. The van der Waals surface area contributed by atoms with Gasteiger partial charge in [0, 0.05) is 18.8 Å². The molecule has 8 nitrogen and oxygen atoms in total. The quantitative estimate of drug-likeness (QED) is 0.740. The minimum atomic E-state index is -0.396. The van der Waals surface area contributed by atoms with Gasteiger partial charge in [-0.05, 0) is 32.3 Å². The number of nitrogens with one attached hydrogen (secondary N) is 2. The van der Waals surface area contributed by atoms with Crippen molar-refractivity contribution in [3.05, 3.63) is 36.0 Å². The van der Waals surface area contributed by atoms with Crippen molar-refractivity contribution >= 4 is 23.4 Å². The lowest BCUT2D eigenvalue weighted by Gasteiger charge is -2.11. The van der Waals surface area contributed by atoms with Crippen LogP contribution < -0.4 is 10.6 Å². The molecule has 0 unspecified atom stereocenters. The van der Waals surface area contributed by atoms with E-state index in [9.17, 15) is 4.79 Å². The number of carbonyl (C=O) groups is 1. The number of rotatable bonds is 7. The van der Waals surface area contributed by atoms with Crippen LogP contribution in [0.1, 0.15) is 10.4 Å². The predicted molar refractivity (Wildman–Crippen MR) is 87.9 cm³/mol. The zero-order chi connectivity index (χ0) is 16.7. The standard InChI is InChI=1S/C15H20N6O2/c1-21(2)8-7-16-13-10-17-20-15(19-13)18-12-6-4-5-11(9-12)14(22)23-3/h4-6,9-10H,7-8H2,1-3H3,(H2,16,18,19,20). The Kier molecular flexibility index (Phi) is 5.81. The number of likely N-dealkylation sites (N-methyl/N-ethyl adjacent to an activating group) is 1. The van der Waals surface area contributed by atoms with Gasteiger partial charge in [0.05, 0.1) is 18.9 Å². The lowest BCUT2D eigenvalue weighted by atomic mass is 10.2. The number of ether oxygens (including phenoxy) is 1. The van der Waals surface area contributed by atoms with Crippen molar-refractivity contribution in [1.29, 1.82) is 0 Å². The van der Waals surface area contributed by atoms with E-state index >= 15 is 0 Å². The number of esters is 1. The number of hydrogen-bond donors (Lipinski definition) is 2. The van der Waals surface area contributed by atoms with Crippen LogP contribution in [0.25, 0.3) is 0 Å². The number of carbonyl (C=O) groups excluding carboxylic acids is 1. The first-order valence-corrected chi connectivity index (χ1v) is 7.12. The Morgan fingerprint density at radius 1 is 1.35 bits per heavy atom. The molecule has 0 aliphatic carbocycles. The zero-order valence-electron chi connectivity index (χ0n) is 13.4. The highest BCUT2D eigenvalue weighted by atomic mass is 16.5. The number of hydrogen-bond acceptors (Lipinski definition) is 8. The van der Waals surface area contributed by atoms with Gasteiger partial charge in [-0.25, -0.2) is 4.79 Å². The lowest BCUT2D eigenvalue weighted by Crippen LogP contribution is -2.21.